The number of rotatable bonds is 4. The van der Waals surface area contributed by atoms with Crippen molar-refractivity contribution in [3.05, 3.63) is 64.4 Å². The molecule has 4 heteroatoms. The molecule has 106 valence electrons. The van der Waals surface area contributed by atoms with E-state index in [0.29, 0.717) is 10.6 Å². The van der Waals surface area contributed by atoms with E-state index in [1.807, 2.05) is 38.1 Å². The lowest BCUT2D eigenvalue weighted by Gasteiger charge is -2.21. The molecule has 0 radical (unpaired) electrons. The first-order valence-corrected chi connectivity index (χ1v) is 6.85. The quantitative estimate of drug-likeness (QED) is 0.863. The Bertz CT molecular complexity index is 603. The van der Waals surface area contributed by atoms with Crippen LogP contribution in [0.4, 0.5) is 4.39 Å². The zero-order valence-corrected chi connectivity index (χ0v) is 12.2. The molecule has 0 aromatic heterocycles. The number of phenolic OH excluding ortho intramolecular Hbond substituents is 1. The summed E-state index contributed by atoms with van der Waals surface area (Å²) in [6, 6.07) is 11.6. The minimum absolute atomic E-state index is 0.0388. The van der Waals surface area contributed by atoms with Crippen molar-refractivity contribution in [1.29, 1.82) is 0 Å². The Morgan fingerprint density at radius 1 is 1.10 bits per heavy atom. The summed E-state index contributed by atoms with van der Waals surface area (Å²) in [6.45, 7) is 3.89. The summed E-state index contributed by atoms with van der Waals surface area (Å²) in [6.07, 6.45) is 0. The molecule has 0 aliphatic carbocycles. The molecule has 2 N–H and O–H groups in total. The molecule has 0 aliphatic rings. The molecule has 2 aromatic carbocycles. The minimum Gasteiger partial charge on any atom is -0.508 e. The lowest BCUT2D eigenvalue weighted by atomic mass is 10.0. The van der Waals surface area contributed by atoms with Crippen LogP contribution in [0.2, 0.25) is 5.02 Å². The predicted molar refractivity (Wildman–Crippen MR) is 79.5 cm³/mol. The highest BCUT2D eigenvalue weighted by Crippen LogP contribution is 2.24. The second kappa shape index (κ2) is 6.25. The summed E-state index contributed by atoms with van der Waals surface area (Å²) in [5, 5.41) is 13.2. The highest BCUT2D eigenvalue weighted by Gasteiger charge is 2.15. The van der Waals surface area contributed by atoms with Gasteiger partial charge in [-0.3, -0.25) is 0 Å². The van der Waals surface area contributed by atoms with E-state index in [9.17, 15) is 9.50 Å². The van der Waals surface area contributed by atoms with Crippen LogP contribution in [0.5, 0.6) is 5.75 Å². The molecule has 0 amide bonds. The first kappa shape index (κ1) is 14.8. The molecule has 2 atom stereocenters. The van der Waals surface area contributed by atoms with Crippen LogP contribution < -0.4 is 5.32 Å². The molecular weight excluding hydrogens is 277 g/mol. The fourth-order valence-electron chi connectivity index (χ4n) is 2.20. The van der Waals surface area contributed by atoms with Gasteiger partial charge in [-0.1, -0.05) is 29.8 Å². The average molecular weight is 294 g/mol. The van der Waals surface area contributed by atoms with E-state index in [0.717, 1.165) is 11.6 Å². The molecule has 0 saturated heterocycles. The maximum Gasteiger partial charge on any atom is 0.131 e. The van der Waals surface area contributed by atoms with E-state index in [4.69, 9.17) is 11.6 Å². The second-order valence-corrected chi connectivity index (χ2v) is 5.31. The summed E-state index contributed by atoms with van der Waals surface area (Å²) in [5.74, 6) is -0.482. The Labute approximate surface area is 123 Å². The maximum atomic E-state index is 13.8. The molecule has 0 heterocycles. The fourth-order valence-corrected chi connectivity index (χ4v) is 2.40. The smallest absolute Gasteiger partial charge is 0.131 e. The number of halogens is 2. The van der Waals surface area contributed by atoms with Crippen LogP contribution in [0.3, 0.4) is 0 Å². The van der Waals surface area contributed by atoms with Gasteiger partial charge in [0.25, 0.3) is 0 Å². The topological polar surface area (TPSA) is 32.3 Å². The summed E-state index contributed by atoms with van der Waals surface area (Å²) in [7, 11) is 0. The number of phenols is 1. The highest BCUT2D eigenvalue weighted by molar-refractivity contribution is 6.30. The molecular formula is C16H17ClFNO. The first-order valence-electron chi connectivity index (χ1n) is 6.47. The number of aromatic hydroxyl groups is 1. The number of hydrogen-bond acceptors (Lipinski definition) is 2. The molecule has 2 aromatic rings. The third-order valence-electron chi connectivity index (χ3n) is 3.30. The van der Waals surface area contributed by atoms with Gasteiger partial charge in [0.15, 0.2) is 0 Å². The third kappa shape index (κ3) is 3.50. The monoisotopic (exact) mass is 293 g/mol. The van der Waals surface area contributed by atoms with Gasteiger partial charge in [-0.25, -0.2) is 4.39 Å². The van der Waals surface area contributed by atoms with Crippen molar-refractivity contribution < 1.29 is 9.50 Å². The van der Waals surface area contributed by atoms with Gasteiger partial charge in [0.1, 0.15) is 11.6 Å². The summed E-state index contributed by atoms with van der Waals surface area (Å²) in [5.41, 5.74) is 1.57. The van der Waals surface area contributed by atoms with Crippen LogP contribution >= 0.6 is 11.6 Å². The van der Waals surface area contributed by atoms with Crippen LogP contribution in [-0.2, 0) is 0 Å². The van der Waals surface area contributed by atoms with Gasteiger partial charge in [0, 0.05) is 28.7 Å². The SMILES string of the molecule is CC(N[C@H](C)c1cccc(Cl)c1)c1ccc(O)cc1F. The van der Waals surface area contributed by atoms with E-state index in [2.05, 4.69) is 5.32 Å². The highest BCUT2D eigenvalue weighted by atomic mass is 35.5. The van der Waals surface area contributed by atoms with Crippen LogP contribution in [0.1, 0.15) is 37.1 Å². The number of benzene rings is 2. The molecule has 2 nitrogen and oxygen atoms in total. The van der Waals surface area contributed by atoms with Crippen molar-refractivity contribution in [2.24, 2.45) is 0 Å². The Balaban J connectivity index is 2.12. The van der Waals surface area contributed by atoms with E-state index in [1.165, 1.54) is 6.07 Å². The number of nitrogens with one attached hydrogen (secondary N) is 1. The Kier molecular flexibility index (Phi) is 4.63. The van der Waals surface area contributed by atoms with Gasteiger partial charge >= 0.3 is 0 Å². The van der Waals surface area contributed by atoms with Gasteiger partial charge in [0.05, 0.1) is 0 Å². The molecule has 0 spiro atoms. The van der Waals surface area contributed by atoms with Crippen molar-refractivity contribution in [2.45, 2.75) is 25.9 Å². The molecule has 2 rings (SSSR count). The van der Waals surface area contributed by atoms with E-state index < -0.39 is 5.82 Å². The van der Waals surface area contributed by atoms with Crippen LogP contribution in [0, 0.1) is 5.82 Å². The zero-order valence-electron chi connectivity index (χ0n) is 11.4. The second-order valence-electron chi connectivity index (χ2n) is 4.87. The summed E-state index contributed by atoms with van der Waals surface area (Å²) in [4.78, 5) is 0. The number of hydrogen-bond donors (Lipinski definition) is 2. The molecule has 1 unspecified atom stereocenters. The van der Waals surface area contributed by atoms with Gasteiger partial charge in [0.2, 0.25) is 0 Å². The Morgan fingerprint density at radius 3 is 2.50 bits per heavy atom. The van der Waals surface area contributed by atoms with Gasteiger partial charge < -0.3 is 10.4 Å². The van der Waals surface area contributed by atoms with Gasteiger partial charge in [-0.05, 0) is 37.6 Å². The minimum atomic E-state index is -0.414. The fraction of sp³-hybridized carbons (Fsp3) is 0.250. The molecule has 0 bridgehead atoms. The maximum absolute atomic E-state index is 13.8. The van der Waals surface area contributed by atoms with Gasteiger partial charge in [-0.2, -0.15) is 0 Å². The first-order chi connectivity index (χ1) is 9.47. The van der Waals surface area contributed by atoms with Crippen molar-refractivity contribution in [3.63, 3.8) is 0 Å². The zero-order chi connectivity index (χ0) is 14.7. The lowest BCUT2D eigenvalue weighted by molar-refractivity contribution is 0.454. The van der Waals surface area contributed by atoms with Crippen LogP contribution in [0.25, 0.3) is 0 Å². The third-order valence-corrected chi connectivity index (χ3v) is 3.53. The summed E-state index contributed by atoms with van der Waals surface area (Å²) >= 11 is 5.97. The molecule has 0 aliphatic heterocycles. The van der Waals surface area contributed by atoms with E-state index in [1.54, 1.807) is 6.07 Å². The lowest BCUT2D eigenvalue weighted by Crippen LogP contribution is -2.23. The Morgan fingerprint density at radius 2 is 1.85 bits per heavy atom. The van der Waals surface area contributed by atoms with Crippen molar-refractivity contribution >= 4 is 11.6 Å². The predicted octanol–water partition coefficient (Wildman–Crippen LogP) is 4.60. The largest absolute Gasteiger partial charge is 0.508 e. The van der Waals surface area contributed by atoms with Gasteiger partial charge in [-0.15, -0.1) is 0 Å². The van der Waals surface area contributed by atoms with E-state index >= 15 is 0 Å². The van der Waals surface area contributed by atoms with Crippen molar-refractivity contribution in [1.82, 2.24) is 5.32 Å². The average Bonchev–Trinajstić information content (AvgIpc) is 2.38. The van der Waals surface area contributed by atoms with Crippen molar-refractivity contribution in [3.8, 4) is 5.75 Å². The summed E-state index contributed by atoms with van der Waals surface area (Å²) < 4.78 is 13.8. The molecule has 0 fully saturated rings. The Hall–Kier alpha value is -1.58. The van der Waals surface area contributed by atoms with Crippen molar-refractivity contribution in [2.75, 3.05) is 0 Å². The van der Waals surface area contributed by atoms with Crippen LogP contribution in [-0.4, -0.2) is 5.11 Å². The standard InChI is InChI=1S/C16H17ClFNO/c1-10(12-4-3-5-13(17)8-12)19-11(2)15-7-6-14(20)9-16(15)18/h3-11,19-20H,1-2H3/t10-,11?/m1/s1. The molecule has 20 heavy (non-hydrogen) atoms. The molecule has 0 saturated carbocycles. The van der Waals surface area contributed by atoms with E-state index in [-0.39, 0.29) is 17.8 Å². The van der Waals surface area contributed by atoms with Crippen LogP contribution in [0.15, 0.2) is 42.5 Å². The normalized spacial score (nSPS) is 14.0.